The van der Waals surface area contributed by atoms with Gasteiger partial charge in [-0.25, -0.2) is 0 Å². The number of likely N-dealkylation sites (tertiary alicyclic amines) is 1. The molecule has 1 heterocycles. The fraction of sp³-hybridized carbons (Fsp3) is 0.538. The number of benzene rings is 1. The van der Waals surface area contributed by atoms with E-state index in [0.29, 0.717) is 0 Å². The van der Waals surface area contributed by atoms with Gasteiger partial charge in [-0.3, -0.25) is 0 Å². The van der Waals surface area contributed by atoms with Crippen molar-refractivity contribution in [1.82, 2.24) is 0 Å². The molecule has 1 aromatic rings. The zero-order valence-corrected chi connectivity index (χ0v) is 9.39. The maximum Gasteiger partial charge on any atom is 0.105 e. The maximum absolute atomic E-state index is 9.71. The third-order valence-electron chi connectivity index (χ3n) is 3.29. The monoisotopic (exact) mass is 206 g/mol. The molecule has 2 heteroatoms. The molecule has 0 amide bonds. The lowest BCUT2D eigenvalue weighted by Crippen LogP contribution is -2.52. The standard InChI is InChI=1S/C13H20NO/c1-14(9-5-8-13(15)11-14)10-12-6-3-2-4-7-12/h2-4,6-7,13,15H,5,8-11H2,1H3/q+1/t13-,14?/m0/s1. The van der Waals surface area contributed by atoms with Gasteiger partial charge in [-0.2, -0.15) is 0 Å². The van der Waals surface area contributed by atoms with Gasteiger partial charge in [0.05, 0.1) is 13.6 Å². The Balaban J connectivity index is 2.04. The molecule has 0 radical (unpaired) electrons. The summed E-state index contributed by atoms with van der Waals surface area (Å²) < 4.78 is 0.977. The van der Waals surface area contributed by atoms with E-state index in [1.54, 1.807) is 0 Å². The highest BCUT2D eigenvalue weighted by molar-refractivity contribution is 5.13. The molecule has 1 fully saturated rings. The van der Waals surface area contributed by atoms with E-state index in [1.807, 2.05) is 0 Å². The van der Waals surface area contributed by atoms with Gasteiger partial charge in [0.15, 0.2) is 0 Å². The van der Waals surface area contributed by atoms with Crippen LogP contribution in [-0.4, -0.2) is 35.8 Å². The molecular weight excluding hydrogens is 186 g/mol. The predicted octanol–water partition coefficient (Wildman–Crippen LogP) is 1.79. The third kappa shape index (κ3) is 2.80. The van der Waals surface area contributed by atoms with Crippen molar-refractivity contribution in [3.63, 3.8) is 0 Å². The Morgan fingerprint density at radius 1 is 1.33 bits per heavy atom. The average Bonchev–Trinajstić information content (AvgIpc) is 2.18. The van der Waals surface area contributed by atoms with Gasteiger partial charge in [-0.1, -0.05) is 30.3 Å². The molecule has 2 nitrogen and oxygen atoms in total. The van der Waals surface area contributed by atoms with Gasteiger partial charge in [0.2, 0.25) is 0 Å². The zero-order chi connectivity index (χ0) is 10.7. The number of hydrogen-bond acceptors (Lipinski definition) is 1. The lowest BCUT2D eigenvalue weighted by atomic mass is 10.0. The van der Waals surface area contributed by atoms with Crippen molar-refractivity contribution >= 4 is 0 Å². The van der Waals surface area contributed by atoms with Gasteiger partial charge in [-0.05, 0) is 12.8 Å². The molecule has 15 heavy (non-hydrogen) atoms. The highest BCUT2D eigenvalue weighted by atomic mass is 16.3. The fourth-order valence-corrected chi connectivity index (χ4v) is 2.57. The van der Waals surface area contributed by atoms with E-state index >= 15 is 0 Å². The highest BCUT2D eigenvalue weighted by Crippen LogP contribution is 2.20. The largest absolute Gasteiger partial charge is 0.387 e. The number of quaternary nitrogens is 1. The third-order valence-corrected chi connectivity index (χ3v) is 3.29. The van der Waals surface area contributed by atoms with Crippen LogP contribution in [0, 0.1) is 0 Å². The van der Waals surface area contributed by atoms with Crippen LogP contribution in [-0.2, 0) is 6.54 Å². The van der Waals surface area contributed by atoms with E-state index in [-0.39, 0.29) is 6.10 Å². The molecule has 1 unspecified atom stereocenters. The summed E-state index contributed by atoms with van der Waals surface area (Å²) in [6.07, 6.45) is 2.01. The maximum atomic E-state index is 9.71. The molecule has 0 bridgehead atoms. The molecule has 0 aliphatic carbocycles. The minimum atomic E-state index is -0.104. The van der Waals surface area contributed by atoms with Crippen molar-refractivity contribution in [2.24, 2.45) is 0 Å². The Labute approximate surface area is 91.7 Å². The first-order chi connectivity index (χ1) is 7.18. The van der Waals surface area contributed by atoms with Crippen molar-refractivity contribution in [2.45, 2.75) is 25.5 Å². The molecule has 82 valence electrons. The van der Waals surface area contributed by atoms with E-state index in [4.69, 9.17) is 0 Å². The van der Waals surface area contributed by atoms with E-state index in [2.05, 4.69) is 37.4 Å². The second kappa shape index (κ2) is 4.33. The van der Waals surface area contributed by atoms with Crippen molar-refractivity contribution in [3.05, 3.63) is 35.9 Å². The zero-order valence-electron chi connectivity index (χ0n) is 9.39. The van der Waals surface area contributed by atoms with Crippen LogP contribution in [0.3, 0.4) is 0 Å². The number of nitrogens with zero attached hydrogens (tertiary/aromatic N) is 1. The molecule has 1 N–H and O–H groups in total. The number of piperidine rings is 1. The molecular formula is C13H20NO+. The first-order valence-electron chi connectivity index (χ1n) is 5.73. The van der Waals surface area contributed by atoms with E-state index in [9.17, 15) is 5.11 Å². The molecule has 0 spiro atoms. The molecule has 1 aliphatic rings. The summed E-state index contributed by atoms with van der Waals surface area (Å²) in [5, 5.41) is 9.71. The number of aliphatic hydroxyl groups excluding tert-OH is 1. The summed E-state index contributed by atoms with van der Waals surface area (Å²) in [7, 11) is 2.25. The molecule has 0 aromatic heterocycles. The number of hydrogen-bond donors (Lipinski definition) is 1. The van der Waals surface area contributed by atoms with Gasteiger partial charge >= 0.3 is 0 Å². The van der Waals surface area contributed by atoms with Crippen molar-refractivity contribution < 1.29 is 9.59 Å². The van der Waals surface area contributed by atoms with Crippen LogP contribution in [0.1, 0.15) is 18.4 Å². The van der Waals surface area contributed by atoms with Gasteiger partial charge in [-0.15, -0.1) is 0 Å². The fourth-order valence-electron chi connectivity index (χ4n) is 2.57. The smallest absolute Gasteiger partial charge is 0.105 e. The van der Waals surface area contributed by atoms with Gasteiger partial charge in [0.1, 0.15) is 19.2 Å². The summed E-state index contributed by atoms with van der Waals surface area (Å²) in [4.78, 5) is 0. The van der Waals surface area contributed by atoms with Gasteiger partial charge in [0.25, 0.3) is 0 Å². The van der Waals surface area contributed by atoms with Crippen LogP contribution >= 0.6 is 0 Å². The van der Waals surface area contributed by atoms with Crippen LogP contribution in [0.25, 0.3) is 0 Å². The Kier molecular flexibility index (Phi) is 3.08. The Bertz CT molecular complexity index is 312. The van der Waals surface area contributed by atoms with Crippen LogP contribution in [0.2, 0.25) is 0 Å². The number of rotatable bonds is 2. The van der Waals surface area contributed by atoms with E-state index in [0.717, 1.165) is 30.4 Å². The molecule has 2 atom stereocenters. The first kappa shape index (κ1) is 10.7. The molecule has 0 saturated carbocycles. The van der Waals surface area contributed by atoms with Crippen LogP contribution in [0.15, 0.2) is 30.3 Å². The molecule has 1 aliphatic heterocycles. The van der Waals surface area contributed by atoms with Crippen molar-refractivity contribution in [3.8, 4) is 0 Å². The summed E-state index contributed by atoms with van der Waals surface area (Å²) in [5.41, 5.74) is 1.37. The van der Waals surface area contributed by atoms with Crippen molar-refractivity contribution in [1.29, 1.82) is 0 Å². The number of likely N-dealkylation sites (N-methyl/N-ethyl adjacent to an activating group) is 1. The van der Waals surface area contributed by atoms with E-state index < -0.39 is 0 Å². The Morgan fingerprint density at radius 3 is 2.73 bits per heavy atom. The lowest BCUT2D eigenvalue weighted by Gasteiger charge is -2.39. The molecule has 2 rings (SSSR count). The highest BCUT2D eigenvalue weighted by Gasteiger charge is 2.29. The Morgan fingerprint density at radius 2 is 2.07 bits per heavy atom. The molecule has 1 aromatic carbocycles. The summed E-state index contributed by atoms with van der Waals surface area (Å²) >= 11 is 0. The quantitative estimate of drug-likeness (QED) is 0.731. The second-order valence-corrected chi connectivity index (χ2v) is 4.97. The minimum absolute atomic E-state index is 0.104. The minimum Gasteiger partial charge on any atom is -0.387 e. The van der Waals surface area contributed by atoms with Crippen LogP contribution in [0.5, 0.6) is 0 Å². The Hall–Kier alpha value is -0.860. The summed E-state index contributed by atoms with van der Waals surface area (Å²) in [6.45, 7) is 3.12. The van der Waals surface area contributed by atoms with E-state index in [1.165, 1.54) is 12.1 Å². The van der Waals surface area contributed by atoms with Crippen LogP contribution < -0.4 is 0 Å². The SMILES string of the molecule is C[N+]1(Cc2ccccc2)CCC[C@H](O)C1. The van der Waals surface area contributed by atoms with Gasteiger partial charge in [0, 0.05) is 5.56 Å². The summed E-state index contributed by atoms with van der Waals surface area (Å²) in [5.74, 6) is 0. The first-order valence-corrected chi connectivity index (χ1v) is 5.73. The molecule has 1 saturated heterocycles. The topological polar surface area (TPSA) is 20.2 Å². The normalized spacial score (nSPS) is 31.5. The van der Waals surface area contributed by atoms with Crippen molar-refractivity contribution in [2.75, 3.05) is 20.1 Å². The lowest BCUT2D eigenvalue weighted by molar-refractivity contribution is -0.930. The van der Waals surface area contributed by atoms with Crippen LogP contribution in [0.4, 0.5) is 0 Å². The number of aliphatic hydroxyl groups is 1. The summed E-state index contributed by atoms with van der Waals surface area (Å²) in [6, 6.07) is 10.6. The average molecular weight is 206 g/mol. The van der Waals surface area contributed by atoms with Gasteiger partial charge < -0.3 is 9.59 Å². The predicted molar refractivity (Wildman–Crippen MR) is 61.3 cm³/mol. The second-order valence-electron chi connectivity index (χ2n) is 4.97.